The number of carboxylic acids is 1. The Morgan fingerprint density at radius 1 is 1.56 bits per heavy atom. The van der Waals surface area contributed by atoms with Gasteiger partial charge in [0.2, 0.25) is 5.91 Å². The molecule has 18 heavy (non-hydrogen) atoms. The molecule has 0 saturated heterocycles. The largest absolute Gasteiger partial charge is 0.480 e. The molecular formula is C11H15N3O3S. The summed E-state index contributed by atoms with van der Waals surface area (Å²) in [5.74, 6) is -1.15. The molecule has 1 amide bonds. The fourth-order valence-corrected chi connectivity index (χ4v) is 2.53. The maximum atomic E-state index is 11.6. The van der Waals surface area contributed by atoms with Crippen LogP contribution < -0.4 is 10.6 Å². The van der Waals surface area contributed by atoms with Crippen LogP contribution >= 0.6 is 11.3 Å². The molecular weight excluding hydrogens is 254 g/mol. The number of nitrogens with zero attached hydrogens (tertiary/aromatic N) is 1. The average molecular weight is 269 g/mol. The smallest absolute Gasteiger partial charge is 0.323 e. The van der Waals surface area contributed by atoms with E-state index in [4.69, 9.17) is 5.11 Å². The summed E-state index contributed by atoms with van der Waals surface area (Å²) < 4.78 is 0. The summed E-state index contributed by atoms with van der Waals surface area (Å²) in [5, 5.41) is 16.9. The molecule has 1 aromatic heterocycles. The number of aromatic nitrogens is 1. The van der Waals surface area contributed by atoms with E-state index in [1.165, 1.54) is 11.3 Å². The Morgan fingerprint density at radius 3 is 2.72 bits per heavy atom. The Balaban J connectivity index is 1.83. The average Bonchev–Trinajstić information content (AvgIpc) is 2.61. The van der Waals surface area contributed by atoms with Gasteiger partial charge in [0.05, 0.1) is 12.2 Å². The fraction of sp³-hybridized carbons (Fsp3) is 0.545. The predicted octanol–water partition coefficient (Wildman–Crippen LogP) is 0.987. The van der Waals surface area contributed by atoms with Crippen LogP contribution in [0.1, 0.15) is 25.0 Å². The number of carbonyl (C=O) groups excluding carboxylic acids is 1. The predicted molar refractivity (Wildman–Crippen MR) is 67.7 cm³/mol. The first-order valence-corrected chi connectivity index (χ1v) is 6.60. The molecule has 1 heterocycles. The third-order valence-electron chi connectivity index (χ3n) is 3.07. The van der Waals surface area contributed by atoms with Crippen LogP contribution in [0.3, 0.4) is 0 Å². The highest BCUT2D eigenvalue weighted by Gasteiger charge is 2.44. The van der Waals surface area contributed by atoms with Crippen molar-refractivity contribution < 1.29 is 14.7 Å². The van der Waals surface area contributed by atoms with Gasteiger partial charge in [0, 0.05) is 5.38 Å². The van der Waals surface area contributed by atoms with E-state index in [0.29, 0.717) is 18.0 Å². The van der Waals surface area contributed by atoms with Gasteiger partial charge in [-0.2, -0.15) is 0 Å². The molecule has 0 aliphatic heterocycles. The number of carbonyl (C=O) groups is 2. The fourth-order valence-electron chi connectivity index (χ4n) is 1.82. The van der Waals surface area contributed by atoms with E-state index in [1.807, 2.05) is 12.3 Å². The van der Waals surface area contributed by atoms with Crippen LogP contribution in [-0.4, -0.2) is 34.1 Å². The zero-order chi connectivity index (χ0) is 13.2. The summed E-state index contributed by atoms with van der Waals surface area (Å²) in [4.78, 5) is 26.8. The first-order chi connectivity index (χ1) is 8.52. The maximum absolute atomic E-state index is 11.6. The van der Waals surface area contributed by atoms with Crippen molar-refractivity contribution in [2.75, 3.05) is 11.9 Å². The molecule has 1 aliphatic carbocycles. The van der Waals surface area contributed by atoms with Crippen LogP contribution in [0.2, 0.25) is 0 Å². The number of nitrogens with one attached hydrogen (secondary N) is 2. The van der Waals surface area contributed by atoms with Crippen LogP contribution in [0.25, 0.3) is 0 Å². The lowest BCUT2D eigenvalue weighted by atomic mass is 9.77. The molecule has 1 fully saturated rings. The first kappa shape index (κ1) is 13.0. The Kier molecular flexibility index (Phi) is 3.63. The zero-order valence-electron chi connectivity index (χ0n) is 10.0. The van der Waals surface area contributed by atoms with Crippen LogP contribution in [0.4, 0.5) is 5.13 Å². The van der Waals surface area contributed by atoms with E-state index in [9.17, 15) is 9.59 Å². The zero-order valence-corrected chi connectivity index (χ0v) is 10.8. The summed E-state index contributed by atoms with van der Waals surface area (Å²) in [6.07, 6.45) is 2.03. The van der Waals surface area contributed by atoms with Crippen molar-refractivity contribution in [3.8, 4) is 0 Å². The highest BCUT2D eigenvalue weighted by molar-refractivity contribution is 7.13. The Bertz CT molecular complexity index is 468. The third kappa shape index (κ3) is 2.68. The molecule has 3 N–H and O–H groups in total. The molecule has 0 atom stereocenters. The van der Waals surface area contributed by atoms with E-state index >= 15 is 0 Å². The highest BCUT2D eigenvalue weighted by Crippen LogP contribution is 2.31. The Morgan fingerprint density at radius 2 is 2.28 bits per heavy atom. The molecule has 0 aromatic carbocycles. The monoisotopic (exact) mass is 269 g/mol. The normalized spacial score (nSPS) is 16.9. The molecule has 98 valence electrons. The summed E-state index contributed by atoms with van der Waals surface area (Å²) in [7, 11) is 0. The Labute approximate surface area is 108 Å². The minimum absolute atomic E-state index is 0.00900. The van der Waals surface area contributed by atoms with Crippen LogP contribution in [0.15, 0.2) is 5.38 Å². The molecule has 1 saturated carbocycles. The number of aliphatic carboxylic acids is 1. The molecule has 0 radical (unpaired) electrons. The van der Waals surface area contributed by atoms with Crippen LogP contribution in [-0.2, 0) is 9.59 Å². The minimum Gasteiger partial charge on any atom is -0.480 e. The van der Waals surface area contributed by atoms with Gasteiger partial charge in [0.1, 0.15) is 5.54 Å². The summed E-state index contributed by atoms with van der Waals surface area (Å²) in [6.45, 7) is 1.84. The number of carboxylic acid groups (broad SMARTS) is 1. The topological polar surface area (TPSA) is 91.3 Å². The van der Waals surface area contributed by atoms with E-state index in [-0.39, 0.29) is 12.5 Å². The molecule has 0 bridgehead atoms. The van der Waals surface area contributed by atoms with Crippen molar-refractivity contribution in [3.05, 3.63) is 11.1 Å². The van der Waals surface area contributed by atoms with E-state index in [1.54, 1.807) is 0 Å². The number of aryl methyl sites for hydroxylation is 1. The molecule has 7 heteroatoms. The molecule has 6 nitrogen and oxygen atoms in total. The third-order valence-corrected chi connectivity index (χ3v) is 3.94. The van der Waals surface area contributed by atoms with Gasteiger partial charge in [-0.25, -0.2) is 4.98 Å². The molecule has 0 unspecified atom stereocenters. The number of thiazole rings is 1. The van der Waals surface area contributed by atoms with Gasteiger partial charge >= 0.3 is 5.97 Å². The van der Waals surface area contributed by atoms with Gasteiger partial charge in [0.25, 0.3) is 0 Å². The van der Waals surface area contributed by atoms with Gasteiger partial charge < -0.3 is 10.4 Å². The molecule has 2 rings (SSSR count). The van der Waals surface area contributed by atoms with Crippen molar-refractivity contribution in [2.45, 2.75) is 31.7 Å². The number of hydrogen-bond donors (Lipinski definition) is 3. The number of amides is 1. The Hall–Kier alpha value is -1.47. The second kappa shape index (κ2) is 5.03. The summed E-state index contributed by atoms with van der Waals surface area (Å²) in [5.41, 5.74) is -0.0554. The van der Waals surface area contributed by atoms with Crippen LogP contribution in [0.5, 0.6) is 0 Å². The van der Waals surface area contributed by atoms with E-state index in [0.717, 1.165) is 12.1 Å². The number of hydrogen-bond acceptors (Lipinski definition) is 5. The van der Waals surface area contributed by atoms with E-state index < -0.39 is 11.5 Å². The van der Waals surface area contributed by atoms with Gasteiger partial charge in [-0.05, 0) is 26.2 Å². The van der Waals surface area contributed by atoms with Crippen LogP contribution in [0, 0.1) is 6.92 Å². The van der Waals surface area contributed by atoms with Gasteiger partial charge in [0.15, 0.2) is 5.13 Å². The minimum atomic E-state index is -0.907. The molecule has 1 aromatic rings. The van der Waals surface area contributed by atoms with Crippen molar-refractivity contribution in [3.63, 3.8) is 0 Å². The standard InChI is InChI=1S/C11H15N3O3S/c1-7-6-18-10(13-7)14-8(15)5-12-11(9(16)17)3-2-4-11/h6,12H,2-5H2,1H3,(H,16,17)(H,13,14,15). The molecule has 0 spiro atoms. The van der Waals surface area contributed by atoms with E-state index in [2.05, 4.69) is 15.6 Å². The number of anilines is 1. The van der Waals surface area contributed by atoms with Gasteiger partial charge in [-0.15, -0.1) is 11.3 Å². The van der Waals surface area contributed by atoms with Crippen molar-refractivity contribution in [2.24, 2.45) is 0 Å². The maximum Gasteiger partial charge on any atom is 0.323 e. The lowest BCUT2D eigenvalue weighted by Crippen LogP contribution is -2.58. The van der Waals surface area contributed by atoms with Crippen molar-refractivity contribution in [1.29, 1.82) is 0 Å². The van der Waals surface area contributed by atoms with Crippen molar-refractivity contribution >= 4 is 28.3 Å². The quantitative estimate of drug-likeness (QED) is 0.741. The van der Waals surface area contributed by atoms with Crippen molar-refractivity contribution in [1.82, 2.24) is 10.3 Å². The molecule has 1 aliphatic rings. The van der Waals surface area contributed by atoms with Gasteiger partial charge in [-0.1, -0.05) is 0 Å². The lowest BCUT2D eigenvalue weighted by Gasteiger charge is -2.38. The van der Waals surface area contributed by atoms with Gasteiger partial charge in [-0.3, -0.25) is 14.9 Å². The summed E-state index contributed by atoms with van der Waals surface area (Å²) in [6, 6.07) is 0. The highest BCUT2D eigenvalue weighted by atomic mass is 32.1. The SMILES string of the molecule is Cc1csc(NC(=O)CNC2(C(=O)O)CCC2)n1. The first-order valence-electron chi connectivity index (χ1n) is 5.72. The number of rotatable bonds is 5. The second-order valence-electron chi connectivity index (χ2n) is 4.44. The summed E-state index contributed by atoms with van der Waals surface area (Å²) >= 11 is 1.35. The lowest BCUT2D eigenvalue weighted by molar-refractivity contribution is -0.148. The second-order valence-corrected chi connectivity index (χ2v) is 5.29.